The first-order valence-corrected chi connectivity index (χ1v) is 6.23. The van der Waals surface area contributed by atoms with Crippen LogP contribution in [0.1, 0.15) is 23.2 Å². The molecule has 1 aromatic heterocycles. The molecule has 0 amide bonds. The van der Waals surface area contributed by atoms with Gasteiger partial charge in [-0.05, 0) is 25.1 Å². The molecule has 1 aromatic carbocycles. The van der Waals surface area contributed by atoms with Crippen LogP contribution in [-0.4, -0.2) is 16.3 Å². The predicted molar refractivity (Wildman–Crippen MR) is 78.3 cm³/mol. The number of H-pyrrole nitrogens is 1. The number of aromatic amines is 1. The van der Waals surface area contributed by atoms with Gasteiger partial charge in [0.2, 0.25) is 0 Å². The third kappa shape index (κ3) is 3.20. The first-order valence-electron chi connectivity index (χ1n) is 5.85. The summed E-state index contributed by atoms with van der Waals surface area (Å²) >= 11 is 5.85. The molecule has 0 bridgehead atoms. The zero-order chi connectivity index (χ0) is 13.7. The maximum atomic E-state index is 11.1. The Balaban J connectivity index is 2.39. The number of aldehydes is 1. The van der Waals surface area contributed by atoms with Crippen LogP contribution in [0.3, 0.4) is 0 Å². The third-order valence-electron chi connectivity index (χ3n) is 2.54. The molecular formula is C15H13ClN2O. The second kappa shape index (κ2) is 6.16. The SMILES string of the molecule is C/C=C\C=C/c1nc(-c2ccc(Cl)cc2)c(C=O)[nH]1. The van der Waals surface area contributed by atoms with E-state index in [-0.39, 0.29) is 0 Å². The van der Waals surface area contributed by atoms with Crippen molar-refractivity contribution in [1.29, 1.82) is 0 Å². The summed E-state index contributed by atoms with van der Waals surface area (Å²) in [6.45, 7) is 1.93. The Morgan fingerprint density at radius 1 is 1.21 bits per heavy atom. The molecule has 1 heterocycles. The summed E-state index contributed by atoms with van der Waals surface area (Å²) < 4.78 is 0. The summed E-state index contributed by atoms with van der Waals surface area (Å²) in [4.78, 5) is 18.4. The Labute approximate surface area is 116 Å². The fourth-order valence-corrected chi connectivity index (χ4v) is 1.78. The van der Waals surface area contributed by atoms with Crippen molar-refractivity contribution in [3.05, 3.63) is 59.0 Å². The van der Waals surface area contributed by atoms with E-state index >= 15 is 0 Å². The summed E-state index contributed by atoms with van der Waals surface area (Å²) in [7, 11) is 0. The molecule has 0 saturated heterocycles. The average Bonchev–Trinajstić information content (AvgIpc) is 2.83. The van der Waals surface area contributed by atoms with Gasteiger partial charge >= 0.3 is 0 Å². The average molecular weight is 273 g/mol. The zero-order valence-corrected chi connectivity index (χ0v) is 11.2. The van der Waals surface area contributed by atoms with Crippen molar-refractivity contribution in [2.45, 2.75) is 6.92 Å². The molecule has 2 aromatic rings. The van der Waals surface area contributed by atoms with Gasteiger partial charge in [0, 0.05) is 10.6 Å². The lowest BCUT2D eigenvalue weighted by atomic mass is 10.1. The first kappa shape index (κ1) is 13.3. The van der Waals surface area contributed by atoms with Crippen molar-refractivity contribution in [3.8, 4) is 11.3 Å². The lowest BCUT2D eigenvalue weighted by Crippen LogP contribution is -1.85. The van der Waals surface area contributed by atoms with Crippen molar-refractivity contribution in [2.75, 3.05) is 0 Å². The second-order valence-electron chi connectivity index (χ2n) is 3.89. The van der Waals surface area contributed by atoms with Crippen LogP contribution in [-0.2, 0) is 0 Å². The van der Waals surface area contributed by atoms with Gasteiger partial charge in [0.15, 0.2) is 6.29 Å². The number of nitrogens with one attached hydrogen (secondary N) is 1. The molecule has 0 unspecified atom stereocenters. The molecule has 96 valence electrons. The van der Waals surface area contributed by atoms with Gasteiger partial charge in [-0.15, -0.1) is 0 Å². The van der Waals surface area contributed by atoms with Crippen LogP contribution in [0.5, 0.6) is 0 Å². The molecule has 0 saturated carbocycles. The van der Waals surface area contributed by atoms with E-state index in [1.807, 2.05) is 43.4 Å². The van der Waals surface area contributed by atoms with Gasteiger partial charge in [-0.3, -0.25) is 4.79 Å². The van der Waals surface area contributed by atoms with Gasteiger partial charge in [-0.1, -0.05) is 42.0 Å². The predicted octanol–water partition coefficient (Wildman–Crippen LogP) is 4.13. The number of allylic oxidation sites excluding steroid dienone is 3. The summed E-state index contributed by atoms with van der Waals surface area (Å²) in [5, 5.41) is 0.653. The smallest absolute Gasteiger partial charge is 0.168 e. The van der Waals surface area contributed by atoms with Crippen LogP contribution in [0, 0.1) is 0 Å². The van der Waals surface area contributed by atoms with E-state index in [1.54, 1.807) is 12.1 Å². The van der Waals surface area contributed by atoms with E-state index in [1.165, 1.54) is 0 Å². The van der Waals surface area contributed by atoms with Crippen LogP contribution >= 0.6 is 11.6 Å². The molecule has 0 aliphatic carbocycles. The topological polar surface area (TPSA) is 45.8 Å². The minimum atomic E-state index is 0.461. The number of rotatable bonds is 4. The third-order valence-corrected chi connectivity index (χ3v) is 2.80. The molecule has 0 aliphatic rings. The molecule has 0 radical (unpaired) electrons. The lowest BCUT2D eigenvalue weighted by molar-refractivity contribution is 0.112. The van der Waals surface area contributed by atoms with E-state index in [4.69, 9.17) is 11.6 Å². The summed E-state index contributed by atoms with van der Waals surface area (Å²) in [6, 6.07) is 7.22. The van der Waals surface area contributed by atoms with E-state index in [9.17, 15) is 4.79 Å². The van der Waals surface area contributed by atoms with Gasteiger partial charge in [0.25, 0.3) is 0 Å². The second-order valence-corrected chi connectivity index (χ2v) is 4.33. The Morgan fingerprint density at radius 2 is 1.95 bits per heavy atom. The van der Waals surface area contributed by atoms with Crippen LogP contribution in [0.4, 0.5) is 0 Å². The van der Waals surface area contributed by atoms with Crippen LogP contribution in [0.25, 0.3) is 17.3 Å². The number of hydrogen-bond donors (Lipinski definition) is 1. The molecule has 3 nitrogen and oxygen atoms in total. The first-order chi connectivity index (χ1) is 9.24. The summed E-state index contributed by atoms with van der Waals surface area (Å²) in [5.41, 5.74) is 1.95. The van der Waals surface area contributed by atoms with Gasteiger partial charge in [-0.25, -0.2) is 4.98 Å². The minimum absolute atomic E-state index is 0.461. The Bertz CT molecular complexity index is 624. The number of halogens is 1. The molecule has 0 fully saturated rings. The number of hydrogen-bond acceptors (Lipinski definition) is 2. The quantitative estimate of drug-likeness (QED) is 0.672. The van der Waals surface area contributed by atoms with Gasteiger partial charge in [-0.2, -0.15) is 0 Å². The summed E-state index contributed by atoms with van der Waals surface area (Å²) in [6.07, 6.45) is 8.25. The van der Waals surface area contributed by atoms with E-state index in [0.717, 1.165) is 11.8 Å². The highest BCUT2D eigenvalue weighted by Crippen LogP contribution is 2.22. The molecule has 4 heteroatoms. The Hall–Kier alpha value is -2.13. The van der Waals surface area contributed by atoms with E-state index < -0.39 is 0 Å². The van der Waals surface area contributed by atoms with Gasteiger partial charge < -0.3 is 4.98 Å². The fourth-order valence-electron chi connectivity index (χ4n) is 1.66. The monoisotopic (exact) mass is 272 g/mol. The lowest BCUT2D eigenvalue weighted by Gasteiger charge is -1.97. The number of imidazole rings is 1. The Kier molecular flexibility index (Phi) is 4.31. The van der Waals surface area contributed by atoms with Crippen molar-refractivity contribution < 1.29 is 4.79 Å². The van der Waals surface area contributed by atoms with Gasteiger partial charge in [0.1, 0.15) is 11.5 Å². The Morgan fingerprint density at radius 3 is 2.58 bits per heavy atom. The molecule has 0 spiro atoms. The van der Waals surface area contributed by atoms with Crippen LogP contribution < -0.4 is 0 Å². The molecular weight excluding hydrogens is 260 g/mol. The largest absolute Gasteiger partial charge is 0.336 e. The fraction of sp³-hybridized carbons (Fsp3) is 0.0667. The number of carbonyl (C=O) groups is 1. The highest BCUT2D eigenvalue weighted by molar-refractivity contribution is 6.30. The maximum Gasteiger partial charge on any atom is 0.168 e. The number of nitrogens with zero attached hydrogens (tertiary/aromatic N) is 1. The molecule has 19 heavy (non-hydrogen) atoms. The number of aromatic nitrogens is 2. The van der Waals surface area contributed by atoms with Crippen molar-refractivity contribution >= 4 is 24.0 Å². The molecule has 2 rings (SSSR count). The highest BCUT2D eigenvalue weighted by atomic mass is 35.5. The van der Waals surface area contributed by atoms with Crippen LogP contribution in [0.2, 0.25) is 5.02 Å². The van der Waals surface area contributed by atoms with Crippen molar-refractivity contribution in [2.24, 2.45) is 0 Å². The highest BCUT2D eigenvalue weighted by Gasteiger charge is 2.10. The molecule has 0 aliphatic heterocycles. The van der Waals surface area contributed by atoms with E-state index in [2.05, 4.69) is 9.97 Å². The summed E-state index contributed by atoms with van der Waals surface area (Å²) in [5.74, 6) is 0.644. The van der Waals surface area contributed by atoms with Crippen molar-refractivity contribution in [1.82, 2.24) is 9.97 Å². The van der Waals surface area contributed by atoms with Crippen molar-refractivity contribution in [3.63, 3.8) is 0 Å². The van der Waals surface area contributed by atoms with Crippen LogP contribution in [0.15, 0.2) is 42.5 Å². The maximum absolute atomic E-state index is 11.1. The normalized spacial score (nSPS) is 11.5. The van der Waals surface area contributed by atoms with Gasteiger partial charge in [0.05, 0.1) is 5.69 Å². The number of benzene rings is 1. The zero-order valence-electron chi connectivity index (χ0n) is 10.4. The van der Waals surface area contributed by atoms with E-state index in [0.29, 0.717) is 22.2 Å². The minimum Gasteiger partial charge on any atom is -0.336 e. The standard InChI is InChI=1S/C15H13ClN2O/c1-2-3-4-5-14-17-13(10-19)15(18-14)11-6-8-12(16)9-7-11/h2-10H,1H3,(H,17,18)/b3-2-,5-4-. The molecule has 0 atom stereocenters. The number of carbonyl (C=O) groups excluding carboxylic acids is 1. The molecule has 1 N–H and O–H groups in total.